The van der Waals surface area contributed by atoms with Crippen LogP contribution < -0.4 is 15.9 Å². The van der Waals surface area contributed by atoms with E-state index in [1.807, 2.05) is 0 Å². The van der Waals surface area contributed by atoms with Gasteiger partial charge in [0.25, 0.3) is 17.4 Å². The van der Waals surface area contributed by atoms with E-state index in [-0.39, 0.29) is 23.1 Å². The van der Waals surface area contributed by atoms with Gasteiger partial charge >= 0.3 is 0 Å². The number of hydrogen-bond donors (Lipinski definition) is 1. The third-order valence-corrected chi connectivity index (χ3v) is 2.39. The molecule has 2 heterocycles. The fourth-order valence-corrected chi connectivity index (χ4v) is 1.36. The van der Waals surface area contributed by atoms with Crippen molar-refractivity contribution in [1.82, 2.24) is 14.9 Å². The molecule has 1 aliphatic rings. The summed E-state index contributed by atoms with van der Waals surface area (Å²) < 4.78 is 1.09. The first-order valence-electron chi connectivity index (χ1n) is 4.70. The lowest BCUT2D eigenvalue weighted by molar-refractivity contribution is -0.112. The van der Waals surface area contributed by atoms with E-state index < -0.39 is 0 Å². The average molecular weight is 221 g/mol. The highest BCUT2D eigenvalue weighted by atomic mass is 16.2. The molecule has 0 saturated carbocycles. The summed E-state index contributed by atoms with van der Waals surface area (Å²) in [6.45, 7) is 3.29. The van der Waals surface area contributed by atoms with Crippen LogP contribution in [0, 0.1) is 6.92 Å². The zero-order valence-electron chi connectivity index (χ0n) is 9.18. The molecular weight excluding hydrogens is 210 g/mol. The van der Waals surface area contributed by atoms with Crippen LogP contribution in [0.4, 0.5) is 5.95 Å². The molecule has 0 saturated heterocycles. The van der Waals surface area contributed by atoms with Gasteiger partial charge in [-0.05, 0) is 13.8 Å². The maximum Gasteiger partial charge on any atom is 0.295 e. The fourth-order valence-electron chi connectivity index (χ4n) is 1.36. The van der Waals surface area contributed by atoms with E-state index in [2.05, 4.69) is 15.6 Å². The molecule has 1 amide bonds. The van der Waals surface area contributed by atoms with Crippen molar-refractivity contribution >= 4 is 11.9 Å². The molecule has 2 rings (SSSR count). The van der Waals surface area contributed by atoms with Gasteiger partial charge in [0, 0.05) is 18.8 Å². The van der Waals surface area contributed by atoms with E-state index in [0.717, 1.165) is 4.68 Å². The predicted octanol–water partition coefficient (Wildman–Crippen LogP) is -0.630. The van der Waals surface area contributed by atoms with E-state index in [9.17, 15) is 9.59 Å². The summed E-state index contributed by atoms with van der Waals surface area (Å²) in [5.41, 5.74) is 2.97. The molecule has 7 nitrogen and oxygen atoms in total. The molecule has 7 heteroatoms. The summed E-state index contributed by atoms with van der Waals surface area (Å²) in [5.74, 6) is -0.0761. The van der Waals surface area contributed by atoms with Crippen LogP contribution in [0.5, 0.6) is 0 Å². The van der Waals surface area contributed by atoms with Crippen molar-refractivity contribution in [1.29, 1.82) is 0 Å². The molecule has 0 radical (unpaired) electrons. The number of rotatable bonds is 0. The van der Waals surface area contributed by atoms with Crippen LogP contribution in [0.1, 0.15) is 12.6 Å². The van der Waals surface area contributed by atoms with Gasteiger partial charge in [-0.1, -0.05) is 0 Å². The zero-order chi connectivity index (χ0) is 11.9. The second-order valence-electron chi connectivity index (χ2n) is 3.55. The van der Waals surface area contributed by atoms with Gasteiger partial charge in [-0.3, -0.25) is 15.0 Å². The molecule has 0 aromatic carbocycles. The Hall–Kier alpha value is -2.18. The number of allylic oxidation sites excluding steroid dienone is 1. The second-order valence-corrected chi connectivity index (χ2v) is 3.55. The Morgan fingerprint density at radius 2 is 1.94 bits per heavy atom. The number of aryl methyl sites for hydroxylation is 1. The SMILES string of the molecule is CC1=CC(=O)Nn2c(nnc(C)c2=O)N1C. The normalized spacial score (nSPS) is 15.1. The maximum atomic E-state index is 11.8. The minimum absolute atomic E-state index is 0.233. The Balaban J connectivity index is 2.70. The fraction of sp³-hybridized carbons (Fsp3) is 0.333. The quantitative estimate of drug-likeness (QED) is 0.631. The average Bonchev–Trinajstić information content (AvgIpc) is 2.33. The van der Waals surface area contributed by atoms with Crippen molar-refractivity contribution in [3.63, 3.8) is 0 Å². The van der Waals surface area contributed by atoms with Gasteiger partial charge in [0.1, 0.15) is 5.69 Å². The number of fused-ring (bicyclic) bond motifs is 1. The van der Waals surface area contributed by atoms with E-state index in [0.29, 0.717) is 5.70 Å². The third kappa shape index (κ3) is 1.46. The van der Waals surface area contributed by atoms with Gasteiger partial charge in [0.2, 0.25) is 0 Å². The monoisotopic (exact) mass is 221 g/mol. The summed E-state index contributed by atoms with van der Waals surface area (Å²) in [6, 6.07) is 0. The van der Waals surface area contributed by atoms with Crippen LogP contribution in [0.25, 0.3) is 0 Å². The van der Waals surface area contributed by atoms with E-state index >= 15 is 0 Å². The van der Waals surface area contributed by atoms with Gasteiger partial charge < -0.3 is 4.90 Å². The summed E-state index contributed by atoms with van der Waals surface area (Å²) >= 11 is 0. The van der Waals surface area contributed by atoms with Gasteiger partial charge in [-0.15, -0.1) is 10.2 Å². The largest absolute Gasteiger partial charge is 0.316 e. The minimum atomic E-state index is -0.381. The molecule has 0 unspecified atom stereocenters. The molecule has 1 aliphatic heterocycles. The summed E-state index contributed by atoms with van der Waals surface area (Å²) in [7, 11) is 1.71. The van der Waals surface area contributed by atoms with Gasteiger partial charge in [0.15, 0.2) is 0 Å². The van der Waals surface area contributed by atoms with Crippen molar-refractivity contribution in [2.24, 2.45) is 0 Å². The van der Waals surface area contributed by atoms with Crippen molar-refractivity contribution < 1.29 is 4.79 Å². The minimum Gasteiger partial charge on any atom is -0.316 e. The molecule has 0 bridgehead atoms. The van der Waals surface area contributed by atoms with Crippen molar-refractivity contribution in [3.05, 3.63) is 27.8 Å². The smallest absolute Gasteiger partial charge is 0.295 e. The number of aromatic nitrogens is 3. The van der Waals surface area contributed by atoms with Crippen molar-refractivity contribution in [2.75, 3.05) is 17.4 Å². The van der Waals surface area contributed by atoms with Crippen molar-refractivity contribution in [3.8, 4) is 0 Å². The van der Waals surface area contributed by atoms with Gasteiger partial charge in [0.05, 0.1) is 0 Å². The van der Waals surface area contributed by atoms with E-state index in [1.165, 1.54) is 6.08 Å². The first-order chi connectivity index (χ1) is 7.50. The Morgan fingerprint density at radius 1 is 1.25 bits per heavy atom. The van der Waals surface area contributed by atoms with Crippen LogP contribution in [0.3, 0.4) is 0 Å². The molecule has 1 N–H and O–H groups in total. The molecule has 0 spiro atoms. The highest BCUT2D eigenvalue weighted by Gasteiger charge is 2.19. The number of hydrogen-bond acceptors (Lipinski definition) is 5. The lowest BCUT2D eigenvalue weighted by Crippen LogP contribution is -2.36. The molecular formula is C9H11N5O2. The number of nitrogens with one attached hydrogen (secondary N) is 1. The highest BCUT2D eigenvalue weighted by Crippen LogP contribution is 2.13. The number of carbonyl (C=O) groups is 1. The lowest BCUT2D eigenvalue weighted by Gasteiger charge is -2.18. The third-order valence-electron chi connectivity index (χ3n) is 2.39. The molecule has 1 aromatic heterocycles. The Bertz CT molecular complexity index is 545. The van der Waals surface area contributed by atoms with E-state index in [4.69, 9.17) is 0 Å². The summed E-state index contributed by atoms with van der Waals surface area (Å²) in [4.78, 5) is 24.8. The van der Waals surface area contributed by atoms with E-state index in [1.54, 1.807) is 25.8 Å². The van der Waals surface area contributed by atoms with Gasteiger partial charge in [-0.25, -0.2) is 0 Å². The first-order valence-corrected chi connectivity index (χ1v) is 4.70. The lowest BCUT2D eigenvalue weighted by atomic mass is 10.4. The van der Waals surface area contributed by atoms with Crippen LogP contribution in [-0.4, -0.2) is 27.8 Å². The zero-order valence-corrected chi connectivity index (χ0v) is 9.18. The van der Waals surface area contributed by atoms with Crippen LogP contribution in [0.15, 0.2) is 16.6 Å². The maximum absolute atomic E-state index is 11.8. The van der Waals surface area contributed by atoms with Crippen LogP contribution in [0.2, 0.25) is 0 Å². The molecule has 0 aliphatic carbocycles. The Morgan fingerprint density at radius 3 is 2.62 bits per heavy atom. The topological polar surface area (TPSA) is 80.1 Å². The molecule has 0 fully saturated rings. The van der Waals surface area contributed by atoms with Crippen molar-refractivity contribution in [2.45, 2.75) is 13.8 Å². The Labute approximate surface area is 91.4 Å². The molecule has 84 valence electrons. The molecule has 16 heavy (non-hydrogen) atoms. The standard InChI is InChI=1S/C9H11N5O2/c1-5-4-7(15)12-14-8(16)6(2)10-11-9(14)13(5)3/h4H,1-3H3,(H,12,15). The molecule has 0 atom stereocenters. The van der Waals surface area contributed by atoms with Gasteiger partial charge in [-0.2, -0.15) is 4.68 Å². The van der Waals surface area contributed by atoms with Crippen LogP contribution in [-0.2, 0) is 4.79 Å². The number of nitrogens with zero attached hydrogens (tertiary/aromatic N) is 4. The van der Waals surface area contributed by atoms with Crippen LogP contribution >= 0.6 is 0 Å². The molecule has 1 aromatic rings. The number of amides is 1. The predicted molar refractivity (Wildman–Crippen MR) is 57.6 cm³/mol. The second kappa shape index (κ2) is 3.44. The number of carbonyl (C=O) groups excluding carboxylic acids is 1. The number of anilines is 1. The summed E-state index contributed by atoms with van der Waals surface area (Å²) in [5, 5.41) is 7.63. The highest BCUT2D eigenvalue weighted by molar-refractivity contribution is 5.95. The first kappa shape index (κ1) is 10.3. The Kier molecular flexibility index (Phi) is 2.22. The summed E-state index contributed by atoms with van der Waals surface area (Å²) in [6.07, 6.45) is 1.39.